The normalized spacial score (nSPS) is 12.6. The number of unbranched alkanes of at least 4 members (excludes halogenated alkanes) is 11. The molecule has 0 bridgehead atoms. The molecule has 0 radical (unpaired) electrons. The fraction of sp³-hybridized carbons (Fsp3) is 0.643. The lowest BCUT2D eigenvalue weighted by molar-refractivity contribution is -0.133. The van der Waals surface area contributed by atoms with Crippen LogP contribution in [0.15, 0.2) is 42.0 Å². The largest absolute Gasteiger partial charge is 0.478 e. The van der Waals surface area contributed by atoms with Crippen LogP contribution in [-0.2, 0) is 4.79 Å². The maximum atomic E-state index is 12.5. The van der Waals surface area contributed by atoms with E-state index in [1.165, 1.54) is 70.3 Å². The van der Waals surface area contributed by atoms with Crippen LogP contribution in [0.2, 0.25) is 0 Å². The number of benzene rings is 1. The summed E-state index contributed by atoms with van der Waals surface area (Å²) in [5.41, 5.74) is 0.820. The molecule has 0 aromatic heterocycles. The van der Waals surface area contributed by atoms with Crippen LogP contribution in [0.1, 0.15) is 121 Å². The van der Waals surface area contributed by atoms with Crippen molar-refractivity contribution in [3.63, 3.8) is 0 Å². The molecule has 1 aromatic rings. The summed E-state index contributed by atoms with van der Waals surface area (Å²) in [6.07, 6.45) is 19.5. The Balaban J connectivity index is 2.37. The van der Waals surface area contributed by atoms with Gasteiger partial charge in [0.25, 0.3) is 0 Å². The van der Waals surface area contributed by atoms with E-state index in [2.05, 4.69) is 13.8 Å². The molecule has 0 saturated heterocycles. The number of carbonyl (C=O) groups is 2. The predicted molar refractivity (Wildman–Crippen MR) is 131 cm³/mol. The van der Waals surface area contributed by atoms with Crippen molar-refractivity contribution in [1.29, 1.82) is 0 Å². The van der Waals surface area contributed by atoms with Gasteiger partial charge in [0.15, 0.2) is 5.78 Å². The average Bonchev–Trinajstić information content (AvgIpc) is 2.77. The number of carboxylic acids is 1. The first-order chi connectivity index (χ1) is 15.1. The van der Waals surface area contributed by atoms with Crippen molar-refractivity contribution in [2.24, 2.45) is 5.92 Å². The lowest BCUT2D eigenvalue weighted by Gasteiger charge is -2.17. The number of rotatable bonds is 19. The van der Waals surface area contributed by atoms with Crippen molar-refractivity contribution >= 4 is 11.8 Å². The first kappa shape index (κ1) is 27.1. The SMILES string of the molecule is CCCCCCCCCCCCCCC(CCC)C(=CC(=O)c1ccccc1)C(=O)O. The van der Waals surface area contributed by atoms with Crippen molar-refractivity contribution in [1.82, 2.24) is 0 Å². The third-order valence-corrected chi connectivity index (χ3v) is 6.07. The van der Waals surface area contributed by atoms with Gasteiger partial charge >= 0.3 is 5.97 Å². The Bertz CT molecular complexity index is 633. The molecular formula is C28H44O3. The van der Waals surface area contributed by atoms with E-state index in [4.69, 9.17) is 0 Å². The lowest BCUT2D eigenvalue weighted by atomic mass is 9.87. The highest BCUT2D eigenvalue weighted by Crippen LogP contribution is 2.25. The molecule has 1 rings (SSSR count). The highest BCUT2D eigenvalue weighted by Gasteiger charge is 2.21. The smallest absolute Gasteiger partial charge is 0.331 e. The standard InChI is InChI=1S/C28H44O3/c1-3-5-6-7-8-9-10-11-12-13-14-16-20-24(19-4-2)26(28(30)31)23-27(29)25-21-17-15-18-22-25/h15,17-18,21-24H,3-14,16,19-20H2,1-2H3,(H,30,31). The van der Waals surface area contributed by atoms with Crippen LogP contribution in [0.5, 0.6) is 0 Å². The minimum atomic E-state index is -0.957. The van der Waals surface area contributed by atoms with Gasteiger partial charge in [0.1, 0.15) is 0 Å². The topological polar surface area (TPSA) is 54.4 Å². The van der Waals surface area contributed by atoms with E-state index in [1.807, 2.05) is 6.07 Å². The third kappa shape index (κ3) is 12.5. The van der Waals surface area contributed by atoms with Crippen LogP contribution < -0.4 is 0 Å². The average molecular weight is 429 g/mol. The molecule has 1 N–H and O–H groups in total. The van der Waals surface area contributed by atoms with Gasteiger partial charge in [0.2, 0.25) is 0 Å². The second-order valence-electron chi connectivity index (χ2n) is 8.80. The second kappa shape index (κ2) is 17.7. The van der Waals surface area contributed by atoms with Gasteiger partial charge in [0.05, 0.1) is 0 Å². The summed E-state index contributed by atoms with van der Waals surface area (Å²) >= 11 is 0. The minimum absolute atomic E-state index is 0.0433. The molecule has 0 fully saturated rings. The van der Waals surface area contributed by atoms with Crippen LogP contribution in [0, 0.1) is 5.92 Å². The summed E-state index contributed by atoms with van der Waals surface area (Å²) in [5, 5.41) is 9.74. The molecule has 0 saturated carbocycles. The summed E-state index contributed by atoms with van der Waals surface area (Å²) in [5.74, 6) is -1.21. The Hall–Kier alpha value is -1.90. The quantitative estimate of drug-likeness (QED) is 0.137. The molecule has 3 nitrogen and oxygen atoms in total. The molecule has 1 unspecified atom stereocenters. The Labute approximate surface area is 190 Å². The molecule has 0 aliphatic carbocycles. The van der Waals surface area contributed by atoms with Crippen LogP contribution in [0.4, 0.5) is 0 Å². The van der Waals surface area contributed by atoms with Crippen molar-refractivity contribution in [2.75, 3.05) is 0 Å². The van der Waals surface area contributed by atoms with Crippen LogP contribution in [0.3, 0.4) is 0 Å². The van der Waals surface area contributed by atoms with Gasteiger partial charge in [0, 0.05) is 11.1 Å². The predicted octanol–water partition coefficient (Wildman–Crippen LogP) is 8.39. The number of carbonyl (C=O) groups excluding carboxylic acids is 1. The summed E-state index contributed by atoms with van der Waals surface area (Å²) in [4.78, 5) is 24.4. The summed E-state index contributed by atoms with van der Waals surface area (Å²) in [6.45, 7) is 4.33. The van der Waals surface area contributed by atoms with Crippen LogP contribution in [-0.4, -0.2) is 16.9 Å². The van der Waals surface area contributed by atoms with Gasteiger partial charge in [-0.1, -0.05) is 128 Å². The molecule has 0 heterocycles. The van der Waals surface area contributed by atoms with Crippen LogP contribution in [0.25, 0.3) is 0 Å². The maximum absolute atomic E-state index is 12.5. The van der Waals surface area contributed by atoms with Crippen molar-refractivity contribution in [3.8, 4) is 0 Å². The number of ketones is 1. The zero-order valence-corrected chi connectivity index (χ0v) is 19.9. The zero-order chi connectivity index (χ0) is 22.7. The van der Waals surface area contributed by atoms with E-state index in [1.54, 1.807) is 24.3 Å². The van der Waals surface area contributed by atoms with Gasteiger partial charge in [-0.05, 0) is 24.8 Å². The first-order valence-electron chi connectivity index (χ1n) is 12.6. The zero-order valence-electron chi connectivity index (χ0n) is 19.9. The van der Waals surface area contributed by atoms with E-state index in [0.717, 1.165) is 32.1 Å². The second-order valence-corrected chi connectivity index (χ2v) is 8.80. The number of hydrogen-bond donors (Lipinski definition) is 1. The van der Waals surface area contributed by atoms with Gasteiger partial charge in [-0.25, -0.2) is 4.79 Å². The fourth-order valence-corrected chi connectivity index (χ4v) is 4.22. The van der Waals surface area contributed by atoms with E-state index in [0.29, 0.717) is 5.56 Å². The summed E-state index contributed by atoms with van der Waals surface area (Å²) < 4.78 is 0. The molecular weight excluding hydrogens is 384 g/mol. The highest BCUT2D eigenvalue weighted by atomic mass is 16.4. The molecule has 0 amide bonds. The molecule has 0 aliphatic heterocycles. The number of hydrogen-bond acceptors (Lipinski definition) is 2. The van der Waals surface area contributed by atoms with Crippen LogP contribution >= 0.6 is 0 Å². The van der Waals surface area contributed by atoms with E-state index in [-0.39, 0.29) is 17.3 Å². The van der Waals surface area contributed by atoms with Crippen molar-refractivity contribution in [3.05, 3.63) is 47.5 Å². The molecule has 1 aromatic carbocycles. The van der Waals surface area contributed by atoms with Crippen molar-refractivity contribution in [2.45, 2.75) is 110 Å². The molecule has 0 spiro atoms. The van der Waals surface area contributed by atoms with Gasteiger partial charge in [-0.15, -0.1) is 0 Å². The van der Waals surface area contributed by atoms with E-state index in [9.17, 15) is 14.7 Å². The molecule has 1 atom stereocenters. The number of aliphatic carboxylic acids is 1. The molecule has 0 aliphatic rings. The fourth-order valence-electron chi connectivity index (χ4n) is 4.22. The highest BCUT2D eigenvalue weighted by molar-refractivity contribution is 6.08. The Morgan fingerprint density at radius 2 is 1.26 bits per heavy atom. The monoisotopic (exact) mass is 428 g/mol. The molecule has 174 valence electrons. The molecule has 3 heteroatoms. The van der Waals surface area contributed by atoms with E-state index < -0.39 is 5.97 Å². The first-order valence-corrected chi connectivity index (χ1v) is 12.6. The molecule has 31 heavy (non-hydrogen) atoms. The Morgan fingerprint density at radius 3 is 1.74 bits per heavy atom. The lowest BCUT2D eigenvalue weighted by Crippen LogP contribution is -2.15. The van der Waals surface area contributed by atoms with E-state index >= 15 is 0 Å². The van der Waals surface area contributed by atoms with Gasteiger partial charge in [-0.3, -0.25) is 4.79 Å². The summed E-state index contributed by atoms with van der Waals surface area (Å²) in [6, 6.07) is 8.93. The number of carboxylic acid groups (broad SMARTS) is 1. The minimum Gasteiger partial charge on any atom is -0.478 e. The maximum Gasteiger partial charge on any atom is 0.331 e. The Kier molecular flexibility index (Phi) is 15.5. The van der Waals surface area contributed by atoms with Gasteiger partial charge < -0.3 is 5.11 Å². The third-order valence-electron chi connectivity index (χ3n) is 6.07. The van der Waals surface area contributed by atoms with Crippen molar-refractivity contribution < 1.29 is 14.7 Å². The Morgan fingerprint density at radius 1 is 0.742 bits per heavy atom. The summed E-state index contributed by atoms with van der Waals surface area (Å²) in [7, 11) is 0. The van der Waals surface area contributed by atoms with Gasteiger partial charge in [-0.2, -0.15) is 0 Å². The number of allylic oxidation sites excluding steroid dienone is 1.